The number of furan rings is 1. The smallest absolute Gasteiger partial charge is 0.202 e. The van der Waals surface area contributed by atoms with Gasteiger partial charge in [0, 0.05) is 18.0 Å². The first-order chi connectivity index (χ1) is 15.0. The summed E-state index contributed by atoms with van der Waals surface area (Å²) in [6.45, 7) is 2.58. The molecule has 0 spiro atoms. The number of aryl methyl sites for hydroxylation is 1. The number of anilines is 1. The number of hydrogen-bond acceptors (Lipinski definition) is 5. The quantitative estimate of drug-likeness (QED) is 0.347. The SMILES string of the molecule is CCCCCCCCc1oc2ccc(C3(c4nc(N)sc4F)C=CC=NC3)cc2c1Cl. The molecule has 3 aromatic rings. The van der Waals surface area contributed by atoms with Crippen molar-refractivity contribution in [2.45, 2.75) is 57.3 Å². The van der Waals surface area contributed by atoms with E-state index in [4.69, 9.17) is 21.8 Å². The van der Waals surface area contributed by atoms with Gasteiger partial charge in [0.25, 0.3) is 0 Å². The lowest BCUT2D eigenvalue weighted by Crippen LogP contribution is -2.32. The van der Waals surface area contributed by atoms with E-state index in [-0.39, 0.29) is 10.3 Å². The van der Waals surface area contributed by atoms with Gasteiger partial charge in [0.2, 0.25) is 5.13 Å². The summed E-state index contributed by atoms with van der Waals surface area (Å²) in [5.74, 6) is 0.819. The highest BCUT2D eigenvalue weighted by Gasteiger charge is 2.38. The second-order valence-corrected chi connectivity index (χ2v) is 9.42. The molecular weight excluding hydrogens is 433 g/mol. The zero-order chi connectivity index (χ0) is 21.8. The van der Waals surface area contributed by atoms with Gasteiger partial charge in [-0.15, -0.1) is 0 Å². The van der Waals surface area contributed by atoms with Crippen molar-refractivity contribution in [3.8, 4) is 0 Å². The molecule has 3 heterocycles. The number of aromatic nitrogens is 1. The Kier molecular flexibility index (Phi) is 6.77. The van der Waals surface area contributed by atoms with Crippen LogP contribution in [-0.2, 0) is 11.8 Å². The van der Waals surface area contributed by atoms with Crippen LogP contribution in [0, 0.1) is 5.13 Å². The fourth-order valence-corrected chi connectivity index (χ4v) is 5.14. The van der Waals surface area contributed by atoms with Crippen LogP contribution in [0.15, 0.2) is 39.8 Å². The lowest BCUT2D eigenvalue weighted by atomic mass is 9.76. The van der Waals surface area contributed by atoms with E-state index in [1.165, 1.54) is 32.1 Å². The Morgan fingerprint density at radius 3 is 2.74 bits per heavy atom. The van der Waals surface area contributed by atoms with Crippen molar-refractivity contribution in [3.05, 3.63) is 57.5 Å². The molecule has 1 aromatic carbocycles. The lowest BCUT2D eigenvalue weighted by Gasteiger charge is -2.29. The van der Waals surface area contributed by atoms with E-state index in [9.17, 15) is 4.39 Å². The molecule has 1 aliphatic heterocycles. The Balaban J connectivity index is 1.63. The van der Waals surface area contributed by atoms with Crippen molar-refractivity contribution in [1.82, 2.24) is 4.98 Å². The molecule has 0 fully saturated rings. The molecule has 2 aromatic heterocycles. The second kappa shape index (κ2) is 9.53. The highest BCUT2D eigenvalue weighted by atomic mass is 35.5. The fraction of sp³-hybridized carbons (Fsp3) is 0.417. The number of unbranched alkanes of at least 4 members (excludes halogenated alkanes) is 5. The fourth-order valence-electron chi connectivity index (χ4n) is 4.21. The minimum absolute atomic E-state index is 0.207. The summed E-state index contributed by atoms with van der Waals surface area (Å²) in [7, 11) is 0. The molecule has 1 atom stereocenters. The molecule has 0 saturated heterocycles. The van der Waals surface area contributed by atoms with Crippen molar-refractivity contribution >= 4 is 45.3 Å². The van der Waals surface area contributed by atoms with Crippen molar-refractivity contribution in [1.29, 1.82) is 0 Å². The number of thiazole rings is 1. The molecule has 0 bridgehead atoms. The number of hydrogen-bond donors (Lipinski definition) is 1. The van der Waals surface area contributed by atoms with Crippen molar-refractivity contribution < 1.29 is 8.81 Å². The number of halogens is 2. The predicted molar refractivity (Wildman–Crippen MR) is 128 cm³/mol. The molecule has 0 aliphatic carbocycles. The standard InChI is InChI=1S/C24H27ClFN3OS/c1-2-3-4-5-6-7-9-19-20(25)17-14-16(10-11-18(17)30-19)24(12-8-13-28-15-24)21-22(26)31-23(27)29-21/h8,10-14H,2-7,9,15H2,1H3,(H2,27,29). The summed E-state index contributed by atoms with van der Waals surface area (Å²) < 4.78 is 20.8. The number of rotatable bonds is 9. The Morgan fingerprint density at radius 1 is 1.23 bits per heavy atom. The van der Waals surface area contributed by atoms with Crippen molar-refractivity contribution in [2.75, 3.05) is 12.3 Å². The van der Waals surface area contributed by atoms with Gasteiger partial charge in [-0.05, 0) is 30.2 Å². The van der Waals surface area contributed by atoms with Crippen LogP contribution in [-0.4, -0.2) is 17.7 Å². The zero-order valence-electron chi connectivity index (χ0n) is 17.7. The highest BCUT2D eigenvalue weighted by Crippen LogP contribution is 2.41. The summed E-state index contributed by atoms with van der Waals surface area (Å²) in [6, 6.07) is 5.83. The molecule has 1 unspecified atom stereocenters. The normalized spacial score (nSPS) is 18.3. The summed E-state index contributed by atoms with van der Waals surface area (Å²) >= 11 is 7.56. The number of nitrogens with zero attached hydrogens (tertiary/aromatic N) is 2. The van der Waals surface area contributed by atoms with E-state index in [1.54, 1.807) is 6.21 Å². The molecule has 0 saturated carbocycles. The Hall–Kier alpha value is -2.18. The van der Waals surface area contributed by atoms with Gasteiger partial charge in [-0.3, -0.25) is 4.99 Å². The maximum atomic E-state index is 14.7. The van der Waals surface area contributed by atoms with Gasteiger partial charge in [0.15, 0.2) is 5.13 Å². The first-order valence-corrected chi connectivity index (χ1v) is 12.1. The molecule has 2 N–H and O–H groups in total. The maximum Gasteiger partial charge on any atom is 0.202 e. The molecule has 31 heavy (non-hydrogen) atoms. The van der Waals surface area contributed by atoms with Crippen LogP contribution in [0.25, 0.3) is 11.0 Å². The van der Waals surface area contributed by atoms with E-state index in [1.807, 2.05) is 30.4 Å². The number of fused-ring (bicyclic) bond motifs is 1. The number of benzene rings is 1. The van der Waals surface area contributed by atoms with Crippen molar-refractivity contribution in [2.24, 2.45) is 4.99 Å². The van der Waals surface area contributed by atoms with Gasteiger partial charge in [-0.2, -0.15) is 4.39 Å². The number of aliphatic imine (C=N–C) groups is 1. The molecule has 1 aliphatic rings. The van der Waals surface area contributed by atoms with E-state index in [0.717, 1.165) is 46.5 Å². The predicted octanol–water partition coefficient (Wildman–Crippen LogP) is 7.09. The van der Waals surface area contributed by atoms with Crippen LogP contribution in [0.1, 0.15) is 62.5 Å². The first-order valence-electron chi connectivity index (χ1n) is 10.9. The van der Waals surface area contributed by atoms with E-state index >= 15 is 0 Å². The van der Waals surface area contributed by atoms with E-state index < -0.39 is 5.41 Å². The molecule has 164 valence electrons. The van der Waals surface area contributed by atoms with Crippen LogP contribution in [0.3, 0.4) is 0 Å². The second-order valence-electron chi connectivity index (χ2n) is 8.06. The number of nitrogens with two attached hydrogens (primary N) is 1. The number of allylic oxidation sites excluding steroid dienone is 1. The van der Waals surface area contributed by atoms with Gasteiger partial charge in [0.1, 0.15) is 17.0 Å². The van der Waals surface area contributed by atoms with Gasteiger partial charge < -0.3 is 10.2 Å². The largest absolute Gasteiger partial charge is 0.459 e. The average molecular weight is 460 g/mol. The van der Waals surface area contributed by atoms with Gasteiger partial charge in [-0.1, -0.05) is 74.1 Å². The minimum Gasteiger partial charge on any atom is -0.459 e. The highest BCUT2D eigenvalue weighted by molar-refractivity contribution is 7.13. The first kappa shape index (κ1) is 22.0. The average Bonchev–Trinajstić information content (AvgIpc) is 3.29. The Bertz CT molecular complexity index is 1120. The minimum atomic E-state index is -0.818. The number of dihydropyridines is 1. The van der Waals surface area contributed by atoms with Crippen LogP contribution >= 0.6 is 22.9 Å². The Labute approximate surface area is 191 Å². The third kappa shape index (κ3) is 4.41. The third-order valence-corrected chi connectivity index (χ3v) is 6.99. The van der Waals surface area contributed by atoms with Crippen LogP contribution in [0.2, 0.25) is 5.02 Å². The van der Waals surface area contributed by atoms with Gasteiger partial charge in [0.05, 0.1) is 17.0 Å². The third-order valence-electron chi connectivity index (χ3n) is 5.90. The van der Waals surface area contributed by atoms with Gasteiger partial charge >= 0.3 is 0 Å². The topological polar surface area (TPSA) is 64.4 Å². The summed E-state index contributed by atoms with van der Waals surface area (Å²) in [6.07, 6.45) is 13.6. The summed E-state index contributed by atoms with van der Waals surface area (Å²) in [4.78, 5) is 8.70. The molecule has 0 amide bonds. The monoisotopic (exact) mass is 459 g/mol. The maximum absolute atomic E-state index is 14.7. The van der Waals surface area contributed by atoms with E-state index in [2.05, 4.69) is 16.9 Å². The van der Waals surface area contributed by atoms with Crippen LogP contribution < -0.4 is 5.73 Å². The molecule has 0 radical (unpaired) electrons. The van der Waals surface area contributed by atoms with E-state index in [0.29, 0.717) is 17.3 Å². The van der Waals surface area contributed by atoms with Crippen molar-refractivity contribution in [3.63, 3.8) is 0 Å². The summed E-state index contributed by atoms with van der Waals surface area (Å²) in [5, 5.41) is 1.30. The van der Waals surface area contributed by atoms with Crippen LogP contribution in [0.5, 0.6) is 0 Å². The summed E-state index contributed by atoms with van der Waals surface area (Å²) in [5.41, 5.74) is 6.89. The molecule has 7 heteroatoms. The van der Waals surface area contributed by atoms with Gasteiger partial charge in [-0.25, -0.2) is 4.98 Å². The number of nitrogen functional groups attached to an aromatic ring is 1. The van der Waals surface area contributed by atoms with Crippen LogP contribution in [0.4, 0.5) is 9.52 Å². The molecule has 4 rings (SSSR count). The lowest BCUT2D eigenvalue weighted by molar-refractivity contribution is 0.521. The molecular formula is C24H27ClFN3OS. The Morgan fingerprint density at radius 2 is 2.03 bits per heavy atom. The molecule has 4 nitrogen and oxygen atoms in total. The zero-order valence-corrected chi connectivity index (χ0v) is 19.2.